The molecule has 0 spiro atoms. The third-order valence-corrected chi connectivity index (χ3v) is 4.84. The van der Waals surface area contributed by atoms with Gasteiger partial charge in [-0.2, -0.15) is 0 Å². The Hall–Kier alpha value is -0.0900. The molecular formula is C13H22BrNO2. The van der Waals surface area contributed by atoms with Crippen LogP contribution in [0, 0.1) is 0 Å². The van der Waals surface area contributed by atoms with E-state index in [-0.39, 0.29) is 5.91 Å². The van der Waals surface area contributed by atoms with Crippen LogP contribution in [0.4, 0.5) is 0 Å². The summed E-state index contributed by atoms with van der Waals surface area (Å²) in [5, 5.41) is 3.13. The van der Waals surface area contributed by atoms with Gasteiger partial charge in [-0.1, -0.05) is 22.4 Å². The van der Waals surface area contributed by atoms with Gasteiger partial charge < -0.3 is 10.1 Å². The number of ether oxygens (including phenoxy) is 1. The van der Waals surface area contributed by atoms with E-state index in [0.29, 0.717) is 23.4 Å². The van der Waals surface area contributed by atoms with Crippen LogP contribution in [0.2, 0.25) is 0 Å². The topological polar surface area (TPSA) is 38.3 Å². The molecule has 1 saturated heterocycles. The summed E-state index contributed by atoms with van der Waals surface area (Å²) in [6.07, 6.45) is 8.86. The van der Waals surface area contributed by atoms with Crippen LogP contribution >= 0.6 is 15.9 Å². The molecule has 2 aliphatic rings. The number of hydrogen-bond donors (Lipinski definition) is 1. The summed E-state index contributed by atoms with van der Waals surface area (Å²) >= 11 is 3.62. The lowest BCUT2D eigenvalue weighted by Crippen LogP contribution is -2.38. The van der Waals surface area contributed by atoms with Gasteiger partial charge in [-0.05, 0) is 38.5 Å². The summed E-state index contributed by atoms with van der Waals surface area (Å²) in [5.41, 5.74) is 0. The summed E-state index contributed by atoms with van der Waals surface area (Å²) in [4.78, 5) is 12.3. The number of carbonyl (C=O) groups excluding carboxylic acids is 1. The summed E-state index contributed by atoms with van der Waals surface area (Å²) in [6.45, 7) is 0.873. The van der Waals surface area contributed by atoms with Gasteiger partial charge in [0, 0.05) is 23.9 Å². The van der Waals surface area contributed by atoms with Gasteiger partial charge in [-0.15, -0.1) is 0 Å². The Labute approximate surface area is 112 Å². The van der Waals surface area contributed by atoms with Gasteiger partial charge >= 0.3 is 0 Å². The van der Waals surface area contributed by atoms with Crippen LogP contribution in [0.25, 0.3) is 0 Å². The molecule has 4 heteroatoms. The highest BCUT2D eigenvalue weighted by Gasteiger charge is 2.26. The van der Waals surface area contributed by atoms with E-state index in [4.69, 9.17) is 4.74 Å². The number of alkyl halides is 1. The van der Waals surface area contributed by atoms with Crippen LogP contribution in [0.5, 0.6) is 0 Å². The fraction of sp³-hybridized carbons (Fsp3) is 0.923. The summed E-state index contributed by atoms with van der Waals surface area (Å²) in [6, 6.07) is 0.342. The van der Waals surface area contributed by atoms with Crippen LogP contribution in [0.3, 0.4) is 0 Å². The van der Waals surface area contributed by atoms with E-state index in [1.54, 1.807) is 0 Å². The standard InChI is InChI=1S/C13H22BrNO2/c14-11-5-3-6-12(11)15-13(16)8-7-10-4-1-2-9-17-10/h10-12H,1-9H2,(H,15,16). The van der Waals surface area contributed by atoms with Crippen molar-refractivity contribution in [3.8, 4) is 0 Å². The van der Waals surface area contributed by atoms with Crippen molar-refractivity contribution in [2.75, 3.05) is 6.61 Å². The average molecular weight is 304 g/mol. The quantitative estimate of drug-likeness (QED) is 0.811. The van der Waals surface area contributed by atoms with E-state index in [1.165, 1.54) is 25.7 Å². The Morgan fingerprint density at radius 3 is 2.76 bits per heavy atom. The highest BCUT2D eigenvalue weighted by Crippen LogP contribution is 2.25. The first-order valence-electron chi connectivity index (χ1n) is 6.81. The van der Waals surface area contributed by atoms with E-state index in [1.807, 2.05) is 0 Å². The molecule has 98 valence electrons. The molecule has 3 atom stereocenters. The second kappa shape index (κ2) is 6.74. The third kappa shape index (κ3) is 4.25. The molecular weight excluding hydrogens is 282 g/mol. The third-order valence-electron chi connectivity index (χ3n) is 3.75. The number of hydrogen-bond acceptors (Lipinski definition) is 2. The van der Waals surface area contributed by atoms with Crippen LogP contribution in [0.1, 0.15) is 51.4 Å². The first-order chi connectivity index (χ1) is 8.25. The lowest BCUT2D eigenvalue weighted by Gasteiger charge is -2.23. The zero-order valence-corrected chi connectivity index (χ0v) is 11.9. The lowest BCUT2D eigenvalue weighted by atomic mass is 10.0. The first kappa shape index (κ1) is 13.3. The minimum atomic E-state index is 0.190. The van der Waals surface area contributed by atoms with Crippen molar-refractivity contribution in [1.82, 2.24) is 5.32 Å². The lowest BCUT2D eigenvalue weighted by molar-refractivity contribution is -0.122. The van der Waals surface area contributed by atoms with Gasteiger partial charge in [0.2, 0.25) is 5.91 Å². The molecule has 3 nitrogen and oxygen atoms in total. The van der Waals surface area contributed by atoms with Crippen molar-refractivity contribution in [2.24, 2.45) is 0 Å². The number of nitrogens with one attached hydrogen (secondary N) is 1. The first-order valence-corrected chi connectivity index (χ1v) is 7.72. The minimum absolute atomic E-state index is 0.190. The Morgan fingerprint density at radius 1 is 1.24 bits per heavy atom. The molecule has 1 amide bonds. The SMILES string of the molecule is O=C(CCC1CCCCO1)NC1CCCC1Br. The predicted octanol–water partition coefficient (Wildman–Crippen LogP) is 2.77. The molecule has 1 aliphatic heterocycles. The zero-order chi connectivity index (χ0) is 12.1. The number of rotatable bonds is 4. The second-order valence-corrected chi connectivity index (χ2v) is 6.32. The van der Waals surface area contributed by atoms with Crippen LogP contribution < -0.4 is 5.32 Å². The van der Waals surface area contributed by atoms with Crippen molar-refractivity contribution < 1.29 is 9.53 Å². The monoisotopic (exact) mass is 303 g/mol. The van der Waals surface area contributed by atoms with Crippen molar-refractivity contribution >= 4 is 21.8 Å². The molecule has 1 saturated carbocycles. The average Bonchev–Trinajstić information content (AvgIpc) is 2.74. The molecule has 2 rings (SSSR count). The molecule has 17 heavy (non-hydrogen) atoms. The number of carbonyl (C=O) groups is 1. The summed E-state index contributed by atoms with van der Waals surface area (Å²) < 4.78 is 5.63. The maximum atomic E-state index is 11.8. The largest absolute Gasteiger partial charge is 0.378 e. The molecule has 0 aromatic carbocycles. The van der Waals surface area contributed by atoms with Crippen molar-refractivity contribution in [1.29, 1.82) is 0 Å². The molecule has 1 N–H and O–H groups in total. The Bertz CT molecular complexity index is 254. The van der Waals surface area contributed by atoms with Gasteiger partial charge in [-0.25, -0.2) is 0 Å². The van der Waals surface area contributed by atoms with Crippen molar-refractivity contribution in [2.45, 2.75) is 68.3 Å². The van der Waals surface area contributed by atoms with Crippen LogP contribution in [0.15, 0.2) is 0 Å². The van der Waals surface area contributed by atoms with Gasteiger partial charge in [0.1, 0.15) is 0 Å². The van der Waals surface area contributed by atoms with Crippen LogP contribution in [-0.4, -0.2) is 29.5 Å². The second-order valence-electron chi connectivity index (χ2n) is 5.15. The van der Waals surface area contributed by atoms with E-state index in [9.17, 15) is 4.79 Å². The summed E-state index contributed by atoms with van der Waals surface area (Å²) in [5.74, 6) is 0.190. The Balaban J connectivity index is 1.63. The highest BCUT2D eigenvalue weighted by molar-refractivity contribution is 9.09. The normalized spacial score (nSPS) is 33.6. The summed E-state index contributed by atoms with van der Waals surface area (Å²) in [7, 11) is 0. The highest BCUT2D eigenvalue weighted by atomic mass is 79.9. The van der Waals surface area contributed by atoms with E-state index in [2.05, 4.69) is 21.2 Å². The van der Waals surface area contributed by atoms with Gasteiger partial charge in [0.05, 0.1) is 6.10 Å². The van der Waals surface area contributed by atoms with Gasteiger partial charge in [0.25, 0.3) is 0 Å². The van der Waals surface area contributed by atoms with E-state index >= 15 is 0 Å². The zero-order valence-electron chi connectivity index (χ0n) is 10.3. The number of amides is 1. The smallest absolute Gasteiger partial charge is 0.220 e. The van der Waals surface area contributed by atoms with E-state index in [0.717, 1.165) is 25.9 Å². The molecule has 1 aliphatic carbocycles. The Kier molecular flexibility index (Phi) is 5.29. The molecule has 0 aromatic heterocycles. The fourth-order valence-corrected chi connectivity index (χ4v) is 3.40. The predicted molar refractivity (Wildman–Crippen MR) is 71.3 cm³/mol. The van der Waals surface area contributed by atoms with Gasteiger partial charge in [0.15, 0.2) is 0 Å². The molecule has 1 heterocycles. The number of halogens is 1. The molecule has 0 radical (unpaired) electrons. The maximum Gasteiger partial charge on any atom is 0.220 e. The maximum absolute atomic E-state index is 11.8. The van der Waals surface area contributed by atoms with Crippen molar-refractivity contribution in [3.05, 3.63) is 0 Å². The van der Waals surface area contributed by atoms with Gasteiger partial charge in [-0.3, -0.25) is 4.79 Å². The molecule has 2 fully saturated rings. The van der Waals surface area contributed by atoms with Crippen LogP contribution in [-0.2, 0) is 9.53 Å². The molecule has 0 bridgehead atoms. The fourth-order valence-electron chi connectivity index (χ4n) is 2.68. The minimum Gasteiger partial charge on any atom is -0.378 e. The van der Waals surface area contributed by atoms with E-state index < -0.39 is 0 Å². The molecule has 0 aromatic rings. The van der Waals surface area contributed by atoms with Crippen molar-refractivity contribution in [3.63, 3.8) is 0 Å². The Morgan fingerprint density at radius 2 is 2.12 bits per heavy atom. The molecule has 3 unspecified atom stereocenters.